The van der Waals surface area contributed by atoms with Crippen LogP contribution in [0, 0.1) is 10.1 Å². The summed E-state index contributed by atoms with van der Waals surface area (Å²) in [4.78, 5) is 24.5. The molecule has 0 heterocycles. The van der Waals surface area contributed by atoms with Gasteiger partial charge in [0.05, 0.1) is 24.3 Å². The number of methoxy groups -OCH3 is 1. The fourth-order valence-electron chi connectivity index (χ4n) is 2.41. The zero-order chi connectivity index (χ0) is 16.8. The highest BCUT2D eigenvalue weighted by Gasteiger charge is 2.28. The molecule has 0 unspecified atom stereocenters. The van der Waals surface area contributed by atoms with Crippen LogP contribution in [0.4, 0.5) is 11.4 Å². The lowest BCUT2D eigenvalue weighted by Gasteiger charge is -2.20. The van der Waals surface area contributed by atoms with Gasteiger partial charge in [-0.3, -0.25) is 19.8 Å². The summed E-state index contributed by atoms with van der Waals surface area (Å²) in [5.41, 5.74) is 0.174. The molecule has 0 atom stereocenters. The number of nitro benzene ring substituents is 1. The summed E-state index contributed by atoms with van der Waals surface area (Å²) in [6, 6.07) is 4.52. The van der Waals surface area contributed by atoms with E-state index < -0.39 is 4.92 Å². The molecule has 1 aromatic carbocycles. The Labute approximate surface area is 134 Å². The summed E-state index contributed by atoms with van der Waals surface area (Å²) in [5.74, 6) is 0.130. The zero-order valence-corrected chi connectivity index (χ0v) is 13.0. The standard InChI is InChI=1S/C15H21N3O5/c1-23-14-5-4-12(18(21)22)10-13(14)16-15(20)6-7-17(8-9-19)11-2-3-11/h4-5,10-11,19H,2-3,6-9H2,1H3,(H,16,20). The van der Waals surface area contributed by atoms with E-state index in [0.717, 1.165) is 12.8 Å². The van der Waals surface area contributed by atoms with Crippen LogP contribution in [0.15, 0.2) is 18.2 Å². The topological polar surface area (TPSA) is 105 Å². The molecule has 1 aliphatic carbocycles. The Kier molecular flexibility index (Phi) is 5.89. The van der Waals surface area contributed by atoms with Crippen LogP contribution >= 0.6 is 0 Å². The van der Waals surface area contributed by atoms with E-state index in [4.69, 9.17) is 9.84 Å². The van der Waals surface area contributed by atoms with Gasteiger partial charge in [0.2, 0.25) is 5.91 Å². The predicted molar refractivity (Wildman–Crippen MR) is 84.6 cm³/mol. The number of non-ortho nitro benzene ring substituents is 1. The van der Waals surface area contributed by atoms with Crippen LogP contribution in [0.3, 0.4) is 0 Å². The number of hydrogen-bond donors (Lipinski definition) is 2. The van der Waals surface area contributed by atoms with Crippen molar-refractivity contribution in [3.8, 4) is 5.75 Å². The van der Waals surface area contributed by atoms with Crippen LogP contribution in [0.1, 0.15) is 19.3 Å². The van der Waals surface area contributed by atoms with Gasteiger partial charge >= 0.3 is 0 Å². The number of aliphatic hydroxyl groups excluding tert-OH is 1. The molecule has 1 aromatic rings. The molecule has 8 heteroatoms. The van der Waals surface area contributed by atoms with E-state index in [-0.39, 0.29) is 30.3 Å². The quantitative estimate of drug-likeness (QED) is 0.525. The van der Waals surface area contributed by atoms with Gasteiger partial charge in [-0.2, -0.15) is 0 Å². The molecular weight excluding hydrogens is 302 g/mol. The SMILES string of the molecule is COc1ccc([N+](=O)[O-])cc1NC(=O)CCN(CCO)C1CC1. The molecule has 1 fully saturated rings. The smallest absolute Gasteiger partial charge is 0.271 e. The summed E-state index contributed by atoms with van der Waals surface area (Å²) >= 11 is 0. The van der Waals surface area contributed by atoms with Gasteiger partial charge in [-0.1, -0.05) is 0 Å². The van der Waals surface area contributed by atoms with Gasteiger partial charge in [-0.15, -0.1) is 0 Å². The average molecular weight is 323 g/mol. The Hall–Kier alpha value is -2.19. The van der Waals surface area contributed by atoms with Crippen LogP contribution in [0.2, 0.25) is 0 Å². The minimum Gasteiger partial charge on any atom is -0.495 e. The molecule has 1 aliphatic rings. The Morgan fingerprint density at radius 2 is 2.22 bits per heavy atom. The fourth-order valence-corrected chi connectivity index (χ4v) is 2.41. The third-order valence-corrected chi connectivity index (χ3v) is 3.74. The second-order valence-corrected chi connectivity index (χ2v) is 5.43. The summed E-state index contributed by atoms with van der Waals surface area (Å²) < 4.78 is 5.11. The summed E-state index contributed by atoms with van der Waals surface area (Å²) in [6.45, 7) is 1.17. The largest absolute Gasteiger partial charge is 0.495 e. The van der Waals surface area contributed by atoms with Crippen molar-refractivity contribution in [2.45, 2.75) is 25.3 Å². The highest BCUT2D eigenvalue weighted by Crippen LogP contribution is 2.29. The van der Waals surface area contributed by atoms with Gasteiger partial charge in [-0.05, 0) is 18.9 Å². The van der Waals surface area contributed by atoms with E-state index in [1.54, 1.807) is 0 Å². The van der Waals surface area contributed by atoms with Crippen LogP contribution in [0.5, 0.6) is 5.75 Å². The number of hydrogen-bond acceptors (Lipinski definition) is 6. The second-order valence-electron chi connectivity index (χ2n) is 5.43. The average Bonchev–Trinajstić information content (AvgIpc) is 3.36. The van der Waals surface area contributed by atoms with E-state index in [1.807, 2.05) is 0 Å². The van der Waals surface area contributed by atoms with Crippen molar-refractivity contribution in [2.75, 3.05) is 32.1 Å². The van der Waals surface area contributed by atoms with Gasteiger partial charge in [-0.25, -0.2) is 0 Å². The Balaban J connectivity index is 1.95. The molecule has 1 amide bonds. The van der Waals surface area contributed by atoms with Crippen LogP contribution < -0.4 is 10.1 Å². The Bertz CT molecular complexity index is 574. The highest BCUT2D eigenvalue weighted by atomic mass is 16.6. The molecular formula is C15H21N3O5. The Morgan fingerprint density at radius 3 is 2.78 bits per heavy atom. The number of benzene rings is 1. The normalized spacial score (nSPS) is 13.9. The van der Waals surface area contributed by atoms with Crippen molar-refractivity contribution >= 4 is 17.3 Å². The van der Waals surface area contributed by atoms with E-state index in [0.29, 0.717) is 24.9 Å². The van der Waals surface area contributed by atoms with Gasteiger partial charge in [0.15, 0.2) is 0 Å². The molecule has 0 spiro atoms. The van der Waals surface area contributed by atoms with Crippen LogP contribution in [-0.2, 0) is 4.79 Å². The summed E-state index contributed by atoms with van der Waals surface area (Å²) in [7, 11) is 1.44. The van der Waals surface area contributed by atoms with Crippen molar-refractivity contribution in [3.05, 3.63) is 28.3 Å². The van der Waals surface area contributed by atoms with Crippen molar-refractivity contribution in [2.24, 2.45) is 0 Å². The molecule has 2 N–H and O–H groups in total. The third-order valence-electron chi connectivity index (χ3n) is 3.74. The lowest BCUT2D eigenvalue weighted by Crippen LogP contribution is -2.32. The van der Waals surface area contributed by atoms with Gasteiger partial charge in [0, 0.05) is 37.7 Å². The van der Waals surface area contributed by atoms with E-state index >= 15 is 0 Å². The molecule has 126 valence electrons. The number of aliphatic hydroxyl groups is 1. The van der Waals surface area contributed by atoms with Gasteiger partial charge in [0.1, 0.15) is 5.75 Å². The first-order valence-electron chi connectivity index (χ1n) is 7.52. The van der Waals surface area contributed by atoms with Crippen LogP contribution in [-0.4, -0.2) is 53.7 Å². The Morgan fingerprint density at radius 1 is 1.48 bits per heavy atom. The molecule has 0 bridgehead atoms. The number of rotatable bonds is 9. The molecule has 0 radical (unpaired) electrons. The number of ether oxygens (including phenoxy) is 1. The summed E-state index contributed by atoms with van der Waals surface area (Å²) in [6.07, 6.45) is 2.45. The minimum absolute atomic E-state index is 0.0663. The maximum Gasteiger partial charge on any atom is 0.271 e. The highest BCUT2D eigenvalue weighted by molar-refractivity contribution is 5.92. The first-order chi connectivity index (χ1) is 11.0. The number of nitrogens with one attached hydrogen (secondary N) is 1. The van der Waals surface area contributed by atoms with E-state index in [9.17, 15) is 14.9 Å². The number of anilines is 1. The first kappa shape index (κ1) is 17.2. The van der Waals surface area contributed by atoms with Gasteiger partial charge < -0.3 is 15.2 Å². The van der Waals surface area contributed by atoms with E-state index in [1.165, 1.54) is 25.3 Å². The maximum absolute atomic E-state index is 12.1. The first-order valence-corrected chi connectivity index (χ1v) is 7.52. The fraction of sp³-hybridized carbons (Fsp3) is 0.533. The van der Waals surface area contributed by atoms with Crippen molar-refractivity contribution in [1.82, 2.24) is 4.90 Å². The minimum atomic E-state index is -0.523. The number of nitro groups is 1. The van der Waals surface area contributed by atoms with E-state index in [2.05, 4.69) is 10.2 Å². The summed E-state index contributed by atoms with van der Waals surface area (Å²) in [5, 5.41) is 22.5. The molecule has 8 nitrogen and oxygen atoms in total. The molecule has 1 saturated carbocycles. The number of carbonyl (C=O) groups is 1. The molecule has 0 aliphatic heterocycles. The molecule has 2 rings (SSSR count). The zero-order valence-electron chi connectivity index (χ0n) is 13.0. The number of amides is 1. The van der Waals surface area contributed by atoms with Gasteiger partial charge in [0.25, 0.3) is 5.69 Å². The van der Waals surface area contributed by atoms with Crippen molar-refractivity contribution < 1.29 is 19.6 Å². The lowest BCUT2D eigenvalue weighted by molar-refractivity contribution is -0.384. The van der Waals surface area contributed by atoms with Crippen LogP contribution in [0.25, 0.3) is 0 Å². The molecule has 23 heavy (non-hydrogen) atoms. The monoisotopic (exact) mass is 323 g/mol. The number of carbonyl (C=O) groups excluding carboxylic acids is 1. The van der Waals surface area contributed by atoms with Crippen molar-refractivity contribution in [3.63, 3.8) is 0 Å². The second kappa shape index (κ2) is 7.89. The van der Waals surface area contributed by atoms with Crippen molar-refractivity contribution in [1.29, 1.82) is 0 Å². The molecule has 0 aromatic heterocycles. The molecule has 0 saturated heterocycles. The third kappa shape index (κ3) is 4.90. The predicted octanol–water partition coefficient (Wildman–Crippen LogP) is 1.39. The lowest BCUT2D eigenvalue weighted by atomic mass is 10.2. The maximum atomic E-state index is 12.1. The number of nitrogens with zero attached hydrogens (tertiary/aromatic N) is 2.